The smallest absolute Gasteiger partial charge is 0.471 e. The van der Waals surface area contributed by atoms with Crippen molar-refractivity contribution in [3.05, 3.63) is 48.0 Å². The van der Waals surface area contributed by atoms with Crippen molar-refractivity contribution in [1.29, 1.82) is 0 Å². The average molecular weight is 340 g/mol. The van der Waals surface area contributed by atoms with Gasteiger partial charge in [0.25, 0.3) is 5.91 Å². The first kappa shape index (κ1) is 17.1. The number of hydrogen-bond donors (Lipinski definition) is 4. The summed E-state index contributed by atoms with van der Waals surface area (Å²) in [6, 6.07) is 8.42. The summed E-state index contributed by atoms with van der Waals surface area (Å²) in [5, 5.41) is 22.6. The number of carbonyl (C=O) groups is 2. The summed E-state index contributed by atoms with van der Waals surface area (Å²) in [6.45, 7) is 0. The van der Waals surface area contributed by atoms with Crippen LogP contribution in [0.15, 0.2) is 42.5 Å². The molecule has 126 valence electrons. The number of phenolic OH excluding ortho intramolecular Hbond substituents is 2. The van der Waals surface area contributed by atoms with E-state index in [0.717, 1.165) is 18.2 Å². The van der Waals surface area contributed by atoms with Crippen LogP contribution in [0.25, 0.3) is 0 Å². The van der Waals surface area contributed by atoms with Gasteiger partial charge in [0.2, 0.25) is 0 Å². The van der Waals surface area contributed by atoms with Gasteiger partial charge in [-0.15, -0.1) is 0 Å². The third-order valence-corrected chi connectivity index (χ3v) is 2.85. The summed E-state index contributed by atoms with van der Waals surface area (Å²) in [7, 11) is 0. The maximum absolute atomic E-state index is 12.3. The lowest BCUT2D eigenvalue weighted by Gasteiger charge is -2.13. The van der Waals surface area contributed by atoms with Gasteiger partial charge >= 0.3 is 12.1 Å². The maximum Gasteiger partial charge on any atom is 0.471 e. The Morgan fingerprint density at radius 2 is 1.38 bits per heavy atom. The Morgan fingerprint density at radius 1 is 0.875 bits per heavy atom. The van der Waals surface area contributed by atoms with Crippen molar-refractivity contribution in [3.63, 3.8) is 0 Å². The molecule has 0 aromatic heterocycles. The fourth-order valence-corrected chi connectivity index (χ4v) is 1.82. The Balaban J connectivity index is 2.24. The van der Waals surface area contributed by atoms with Crippen LogP contribution in [-0.4, -0.2) is 28.2 Å². The van der Waals surface area contributed by atoms with E-state index in [9.17, 15) is 33.0 Å². The quantitative estimate of drug-likeness (QED) is 0.690. The second-order valence-corrected chi connectivity index (χ2v) is 4.69. The molecule has 0 aliphatic rings. The van der Waals surface area contributed by atoms with Crippen LogP contribution in [-0.2, 0) is 4.79 Å². The second kappa shape index (κ2) is 6.49. The molecule has 0 radical (unpaired) electrons. The second-order valence-electron chi connectivity index (χ2n) is 4.69. The number of anilines is 2. The largest absolute Gasteiger partial charge is 0.508 e. The fourth-order valence-electron chi connectivity index (χ4n) is 1.82. The van der Waals surface area contributed by atoms with Crippen LogP contribution in [0.1, 0.15) is 10.4 Å². The average Bonchev–Trinajstić information content (AvgIpc) is 2.47. The Bertz CT molecular complexity index is 770. The number of para-hydroxylation sites is 2. The van der Waals surface area contributed by atoms with Gasteiger partial charge in [-0.2, -0.15) is 13.2 Å². The molecule has 0 fully saturated rings. The van der Waals surface area contributed by atoms with Gasteiger partial charge in [-0.1, -0.05) is 12.1 Å². The van der Waals surface area contributed by atoms with E-state index in [0.29, 0.717) is 0 Å². The number of hydrogen-bond acceptors (Lipinski definition) is 4. The van der Waals surface area contributed by atoms with E-state index < -0.39 is 18.0 Å². The van der Waals surface area contributed by atoms with E-state index in [4.69, 9.17) is 0 Å². The molecule has 9 heteroatoms. The Labute approximate surface area is 133 Å². The van der Waals surface area contributed by atoms with Gasteiger partial charge in [0, 0.05) is 11.6 Å². The van der Waals surface area contributed by atoms with Crippen LogP contribution < -0.4 is 10.6 Å². The predicted molar refractivity (Wildman–Crippen MR) is 78.9 cm³/mol. The molecule has 2 amide bonds. The van der Waals surface area contributed by atoms with Gasteiger partial charge < -0.3 is 20.8 Å². The molecule has 0 saturated heterocycles. The van der Waals surface area contributed by atoms with Crippen molar-refractivity contribution >= 4 is 23.2 Å². The van der Waals surface area contributed by atoms with E-state index in [1.165, 1.54) is 24.3 Å². The van der Waals surface area contributed by atoms with Crippen molar-refractivity contribution in [1.82, 2.24) is 0 Å². The molecule has 0 atom stereocenters. The van der Waals surface area contributed by atoms with Crippen LogP contribution in [0.5, 0.6) is 11.5 Å². The molecular weight excluding hydrogens is 329 g/mol. The minimum absolute atomic E-state index is 0.0806. The molecule has 0 spiro atoms. The molecule has 0 aliphatic heterocycles. The monoisotopic (exact) mass is 340 g/mol. The molecule has 0 unspecified atom stereocenters. The molecule has 4 N–H and O–H groups in total. The number of nitrogens with one attached hydrogen (secondary N) is 2. The number of phenols is 2. The van der Waals surface area contributed by atoms with Gasteiger partial charge in [0.05, 0.1) is 11.4 Å². The zero-order valence-corrected chi connectivity index (χ0v) is 11.9. The zero-order chi connectivity index (χ0) is 17.9. The van der Waals surface area contributed by atoms with Crippen LogP contribution in [0.2, 0.25) is 0 Å². The summed E-state index contributed by atoms with van der Waals surface area (Å²) in [5.41, 5.74) is -0.454. The van der Waals surface area contributed by atoms with Gasteiger partial charge in [-0.05, 0) is 24.3 Å². The molecular formula is C15H11F3N2O4. The predicted octanol–water partition coefficient (Wildman–Crippen LogP) is 2.85. The fraction of sp³-hybridized carbons (Fsp3) is 0.0667. The highest BCUT2D eigenvalue weighted by Gasteiger charge is 2.39. The number of rotatable bonds is 3. The molecule has 0 bridgehead atoms. The van der Waals surface area contributed by atoms with Crippen LogP contribution >= 0.6 is 0 Å². The summed E-state index contributed by atoms with van der Waals surface area (Å²) in [6.07, 6.45) is -5.08. The lowest BCUT2D eigenvalue weighted by Crippen LogP contribution is -2.30. The van der Waals surface area contributed by atoms with Crippen LogP contribution in [0.4, 0.5) is 24.5 Å². The Morgan fingerprint density at radius 3 is 1.88 bits per heavy atom. The summed E-state index contributed by atoms with van der Waals surface area (Å²) in [5.74, 6) is -3.70. The maximum atomic E-state index is 12.3. The van der Waals surface area contributed by atoms with E-state index >= 15 is 0 Å². The Hall–Kier alpha value is -3.23. The van der Waals surface area contributed by atoms with Gasteiger partial charge in [0.1, 0.15) is 11.5 Å². The normalized spacial score (nSPS) is 11.0. The first-order chi connectivity index (χ1) is 11.2. The molecule has 2 aromatic rings. The summed E-state index contributed by atoms with van der Waals surface area (Å²) >= 11 is 0. The third kappa shape index (κ3) is 4.15. The first-order valence-corrected chi connectivity index (χ1v) is 6.48. The van der Waals surface area contributed by atoms with E-state index in [-0.39, 0.29) is 28.4 Å². The van der Waals surface area contributed by atoms with Gasteiger partial charge in [-0.25, -0.2) is 0 Å². The number of aromatic hydroxyl groups is 2. The topological polar surface area (TPSA) is 98.7 Å². The minimum atomic E-state index is -5.08. The lowest BCUT2D eigenvalue weighted by atomic mass is 10.1. The van der Waals surface area contributed by atoms with E-state index in [1.54, 1.807) is 5.32 Å². The number of halogens is 3. The summed E-state index contributed by atoms with van der Waals surface area (Å²) in [4.78, 5) is 23.1. The highest BCUT2D eigenvalue weighted by molar-refractivity contribution is 6.08. The molecule has 0 heterocycles. The highest BCUT2D eigenvalue weighted by atomic mass is 19.4. The van der Waals surface area contributed by atoms with E-state index in [1.807, 2.05) is 0 Å². The number of carbonyl (C=O) groups excluding carboxylic acids is 2. The van der Waals surface area contributed by atoms with Crippen molar-refractivity contribution in [2.75, 3.05) is 10.6 Å². The standard InChI is InChI=1S/C15H11F3N2O4/c16-15(17,18)14(24)20-12-4-2-1-3-11(12)19-13(23)8-5-9(21)7-10(22)6-8/h1-7,21-22H,(H,19,23)(H,20,24). The van der Waals surface area contributed by atoms with Gasteiger partial charge in [-0.3, -0.25) is 9.59 Å². The number of benzene rings is 2. The zero-order valence-electron chi connectivity index (χ0n) is 11.9. The van der Waals surface area contributed by atoms with E-state index in [2.05, 4.69) is 5.32 Å². The molecule has 2 rings (SSSR count). The third-order valence-electron chi connectivity index (χ3n) is 2.85. The summed E-state index contributed by atoms with van der Waals surface area (Å²) < 4.78 is 37.0. The van der Waals surface area contributed by atoms with Crippen molar-refractivity contribution < 1.29 is 33.0 Å². The molecule has 0 saturated carbocycles. The first-order valence-electron chi connectivity index (χ1n) is 6.48. The molecule has 0 aliphatic carbocycles. The molecule has 2 aromatic carbocycles. The van der Waals surface area contributed by atoms with Crippen LogP contribution in [0, 0.1) is 0 Å². The van der Waals surface area contributed by atoms with Gasteiger partial charge in [0.15, 0.2) is 0 Å². The van der Waals surface area contributed by atoms with Crippen LogP contribution in [0.3, 0.4) is 0 Å². The van der Waals surface area contributed by atoms with Crippen molar-refractivity contribution in [2.45, 2.75) is 6.18 Å². The highest BCUT2D eigenvalue weighted by Crippen LogP contribution is 2.26. The SMILES string of the molecule is O=C(Nc1ccccc1NC(=O)C(F)(F)F)c1cc(O)cc(O)c1. The van der Waals surface area contributed by atoms with Crippen molar-refractivity contribution in [2.24, 2.45) is 0 Å². The molecule has 24 heavy (non-hydrogen) atoms. The molecule has 6 nitrogen and oxygen atoms in total. The number of amides is 2. The number of alkyl halides is 3. The van der Waals surface area contributed by atoms with Crippen molar-refractivity contribution in [3.8, 4) is 11.5 Å². The minimum Gasteiger partial charge on any atom is -0.508 e. The lowest BCUT2D eigenvalue weighted by molar-refractivity contribution is -0.167. The Kier molecular flexibility index (Phi) is 4.63.